The molecule has 0 aromatic heterocycles. The summed E-state index contributed by atoms with van der Waals surface area (Å²) in [7, 11) is 0. The monoisotopic (exact) mass is 405 g/mol. The van der Waals surface area contributed by atoms with Crippen LogP contribution in [0.15, 0.2) is 0 Å². The van der Waals surface area contributed by atoms with Gasteiger partial charge in [0.25, 0.3) is 0 Å². The summed E-state index contributed by atoms with van der Waals surface area (Å²) in [5.41, 5.74) is 0.0793. The van der Waals surface area contributed by atoms with Gasteiger partial charge in [-0.2, -0.15) is 0 Å². The Morgan fingerprint density at radius 3 is 2.55 bits per heavy atom. The maximum Gasteiger partial charge on any atom is 0.223 e. The van der Waals surface area contributed by atoms with E-state index in [1.165, 1.54) is 6.42 Å². The zero-order chi connectivity index (χ0) is 20.4. The molecule has 2 amide bonds. The fourth-order valence-corrected chi connectivity index (χ4v) is 5.87. The van der Waals surface area contributed by atoms with Crippen LogP contribution in [0.4, 0.5) is 0 Å². The van der Waals surface area contributed by atoms with E-state index in [1.807, 2.05) is 11.8 Å². The average Bonchev–Trinajstić information content (AvgIpc) is 3.14. The van der Waals surface area contributed by atoms with Crippen molar-refractivity contribution in [3.63, 3.8) is 0 Å². The molecule has 2 unspecified atom stereocenters. The van der Waals surface area contributed by atoms with Crippen LogP contribution in [-0.4, -0.2) is 72.6 Å². The molecule has 29 heavy (non-hydrogen) atoms. The smallest absolute Gasteiger partial charge is 0.223 e. The number of nitrogens with one attached hydrogen (secondary N) is 1. The zero-order valence-electron chi connectivity index (χ0n) is 18.3. The van der Waals surface area contributed by atoms with Crippen molar-refractivity contribution in [3.05, 3.63) is 0 Å². The second-order valence-electron chi connectivity index (χ2n) is 9.95. The van der Waals surface area contributed by atoms with Gasteiger partial charge in [0.1, 0.15) is 0 Å². The first-order valence-electron chi connectivity index (χ1n) is 11.9. The van der Waals surface area contributed by atoms with E-state index in [9.17, 15) is 9.59 Å². The summed E-state index contributed by atoms with van der Waals surface area (Å²) in [6, 6.07) is 0.517. The highest BCUT2D eigenvalue weighted by Gasteiger charge is 2.50. The molecule has 4 rings (SSSR count). The van der Waals surface area contributed by atoms with Crippen molar-refractivity contribution in [1.29, 1.82) is 0 Å². The summed E-state index contributed by atoms with van der Waals surface area (Å²) in [6.45, 7) is 9.74. The molecule has 1 saturated carbocycles. The van der Waals surface area contributed by atoms with Crippen LogP contribution in [-0.2, 0) is 14.3 Å². The zero-order valence-corrected chi connectivity index (χ0v) is 18.3. The van der Waals surface area contributed by atoms with Gasteiger partial charge in [0.2, 0.25) is 11.8 Å². The van der Waals surface area contributed by atoms with E-state index in [0.29, 0.717) is 24.3 Å². The van der Waals surface area contributed by atoms with Gasteiger partial charge in [-0.05, 0) is 63.3 Å². The number of carbonyl (C=O) groups excluding carboxylic acids is 2. The molecule has 1 aliphatic carbocycles. The van der Waals surface area contributed by atoms with Gasteiger partial charge in [-0.3, -0.25) is 14.5 Å². The van der Waals surface area contributed by atoms with Crippen LogP contribution >= 0.6 is 0 Å². The van der Waals surface area contributed by atoms with Crippen molar-refractivity contribution in [2.24, 2.45) is 17.8 Å². The predicted molar refractivity (Wildman–Crippen MR) is 112 cm³/mol. The number of nitrogens with zero attached hydrogens (tertiary/aromatic N) is 2. The molecule has 0 spiro atoms. The second-order valence-corrected chi connectivity index (χ2v) is 9.95. The Labute approximate surface area is 175 Å². The van der Waals surface area contributed by atoms with E-state index in [2.05, 4.69) is 17.1 Å². The molecule has 6 nitrogen and oxygen atoms in total. The maximum absolute atomic E-state index is 12.9. The number of amides is 2. The molecule has 6 heteroatoms. The topological polar surface area (TPSA) is 61.9 Å². The normalized spacial score (nSPS) is 31.0. The highest BCUT2D eigenvalue weighted by Crippen LogP contribution is 2.46. The minimum atomic E-state index is 0.0793. The molecular formula is C23H39N3O3. The van der Waals surface area contributed by atoms with Gasteiger partial charge in [-0.15, -0.1) is 0 Å². The van der Waals surface area contributed by atoms with Gasteiger partial charge in [-0.1, -0.05) is 13.8 Å². The Morgan fingerprint density at radius 2 is 1.86 bits per heavy atom. The molecule has 0 aromatic rings. The predicted octanol–water partition coefficient (Wildman–Crippen LogP) is 2.42. The van der Waals surface area contributed by atoms with Crippen molar-refractivity contribution in [2.45, 2.75) is 76.8 Å². The van der Waals surface area contributed by atoms with E-state index in [-0.39, 0.29) is 23.3 Å². The van der Waals surface area contributed by atoms with Gasteiger partial charge in [0.15, 0.2) is 0 Å². The van der Waals surface area contributed by atoms with Crippen molar-refractivity contribution in [2.75, 3.05) is 39.4 Å². The van der Waals surface area contributed by atoms with Crippen LogP contribution in [0.3, 0.4) is 0 Å². The fraction of sp³-hybridized carbons (Fsp3) is 0.913. The minimum absolute atomic E-state index is 0.0793. The van der Waals surface area contributed by atoms with Crippen molar-refractivity contribution in [3.8, 4) is 0 Å². The standard InChI is InChI=1S/C23H39N3O3/c1-3-21(27)26-11-5-20(16-26)25-10-4-18(15-25)14-17(2)22(28)24-23(8-9-23)19-6-12-29-13-7-19/h17-20H,3-16H2,1-2H3,(H,24,28)/t17?,18?,20-/m0/s1. The van der Waals surface area contributed by atoms with Crippen LogP contribution in [0, 0.1) is 17.8 Å². The van der Waals surface area contributed by atoms with Gasteiger partial charge in [0.05, 0.1) is 0 Å². The third-order valence-electron chi connectivity index (χ3n) is 7.95. The summed E-state index contributed by atoms with van der Waals surface area (Å²) in [5, 5.41) is 3.45. The summed E-state index contributed by atoms with van der Waals surface area (Å²) >= 11 is 0. The SMILES string of the molecule is CCC(=O)N1CC[C@H](N2CCC(CC(C)C(=O)NC3(C4CCOCC4)CC3)C2)C1. The Bertz CT molecular complexity index is 600. The van der Waals surface area contributed by atoms with Gasteiger partial charge < -0.3 is 15.0 Å². The lowest BCUT2D eigenvalue weighted by Gasteiger charge is -2.32. The largest absolute Gasteiger partial charge is 0.381 e. The molecular weight excluding hydrogens is 366 g/mol. The van der Waals surface area contributed by atoms with E-state index in [1.54, 1.807) is 0 Å². The van der Waals surface area contributed by atoms with E-state index >= 15 is 0 Å². The lowest BCUT2D eigenvalue weighted by atomic mass is 9.88. The first-order valence-corrected chi connectivity index (χ1v) is 11.9. The molecule has 1 N–H and O–H groups in total. The second kappa shape index (κ2) is 8.93. The Kier molecular flexibility index (Phi) is 6.50. The minimum Gasteiger partial charge on any atom is -0.381 e. The Balaban J connectivity index is 1.22. The summed E-state index contributed by atoms with van der Waals surface area (Å²) in [6.07, 6.45) is 8.33. The Hall–Kier alpha value is -1.14. The third-order valence-corrected chi connectivity index (χ3v) is 7.95. The van der Waals surface area contributed by atoms with Crippen LogP contribution in [0.5, 0.6) is 0 Å². The molecule has 3 saturated heterocycles. The number of rotatable bonds is 7. The lowest BCUT2D eigenvalue weighted by Crippen LogP contribution is -2.46. The molecule has 0 bridgehead atoms. The van der Waals surface area contributed by atoms with E-state index in [0.717, 1.165) is 77.9 Å². The number of likely N-dealkylation sites (tertiary alicyclic amines) is 2. The summed E-state index contributed by atoms with van der Waals surface area (Å²) in [4.78, 5) is 29.5. The maximum atomic E-state index is 12.9. The molecule has 164 valence electrons. The number of hydrogen-bond donors (Lipinski definition) is 1. The van der Waals surface area contributed by atoms with Crippen molar-refractivity contribution < 1.29 is 14.3 Å². The Morgan fingerprint density at radius 1 is 1.10 bits per heavy atom. The number of ether oxygens (including phenoxy) is 1. The summed E-state index contributed by atoms with van der Waals surface area (Å²) in [5.74, 6) is 1.83. The molecule has 4 fully saturated rings. The molecule has 3 heterocycles. The number of hydrogen-bond acceptors (Lipinski definition) is 4. The highest BCUT2D eigenvalue weighted by atomic mass is 16.5. The molecule has 0 radical (unpaired) electrons. The fourth-order valence-electron chi connectivity index (χ4n) is 5.87. The van der Waals surface area contributed by atoms with Gasteiger partial charge in [0, 0.05) is 56.8 Å². The van der Waals surface area contributed by atoms with Crippen LogP contribution < -0.4 is 5.32 Å². The van der Waals surface area contributed by atoms with E-state index < -0.39 is 0 Å². The highest BCUT2D eigenvalue weighted by molar-refractivity contribution is 5.79. The lowest BCUT2D eigenvalue weighted by molar-refractivity contribution is -0.130. The molecule has 4 aliphatic rings. The van der Waals surface area contributed by atoms with Crippen molar-refractivity contribution in [1.82, 2.24) is 15.1 Å². The molecule has 0 aromatic carbocycles. The van der Waals surface area contributed by atoms with Crippen LogP contribution in [0.25, 0.3) is 0 Å². The van der Waals surface area contributed by atoms with Crippen LogP contribution in [0.2, 0.25) is 0 Å². The quantitative estimate of drug-likeness (QED) is 0.707. The van der Waals surface area contributed by atoms with Crippen molar-refractivity contribution >= 4 is 11.8 Å². The van der Waals surface area contributed by atoms with Gasteiger partial charge in [-0.25, -0.2) is 0 Å². The molecule has 3 atom stereocenters. The van der Waals surface area contributed by atoms with Gasteiger partial charge >= 0.3 is 0 Å². The van der Waals surface area contributed by atoms with E-state index in [4.69, 9.17) is 4.74 Å². The number of carbonyl (C=O) groups is 2. The first kappa shape index (κ1) is 21.1. The molecule has 3 aliphatic heterocycles. The average molecular weight is 406 g/mol. The summed E-state index contributed by atoms with van der Waals surface area (Å²) < 4.78 is 5.50. The third kappa shape index (κ3) is 4.79. The van der Waals surface area contributed by atoms with Crippen LogP contribution in [0.1, 0.15) is 65.2 Å². The first-order chi connectivity index (χ1) is 14.0.